The number of nitrogens with zero attached hydrogens (tertiary/aromatic N) is 3. The van der Waals surface area contributed by atoms with E-state index in [0.717, 1.165) is 49.0 Å². The third kappa shape index (κ3) is 4.43. The van der Waals surface area contributed by atoms with Crippen LogP contribution in [0.25, 0.3) is 6.08 Å². The van der Waals surface area contributed by atoms with E-state index in [2.05, 4.69) is 14.8 Å². The van der Waals surface area contributed by atoms with Crippen LogP contribution in [0.3, 0.4) is 0 Å². The molecule has 0 unspecified atom stereocenters. The highest BCUT2D eigenvalue weighted by Gasteiger charge is 2.28. The molecule has 2 aliphatic heterocycles. The summed E-state index contributed by atoms with van der Waals surface area (Å²) in [5.74, 6) is -0.240. The number of aliphatic imine (C=N–C) groups is 1. The molecule has 0 bridgehead atoms. The number of thioether (sulfide) groups is 1. The molecule has 0 spiro atoms. The molecule has 0 aromatic heterocycles. The van der Waals surface area contributed by atoms with E-state index in [1.807, 2.05) is 12.1 Å². The van der Waals surface area contributed by atoms with Crippen LogP contribution in [-0.2, 0) is 11.3 Å². The first-order chi connectivity index (χ1) is 13.6. The van der Waals surface area contributed by atoms with Gasteiger partial charge in [0.05, 0.1) is 4.91 Å². The molecule has 1 amide bonds. The number of piperazine rings is 1. The molecule has 1 saturated heterocycles. The third-order valence-electron chi connectivity index (χ3n) is 4.76. The van der Waals surface area contributed by atoms with E-state index < -0.39 is 0 Å². The normalized spacial score (nSPS) is 19.3. The zero-order valence-corrected chi connectivity index (χ0v) is 16.0. The number of rotatable bonds is 3. The minimum Gasteiger partial charge on any atom is -0.508 e. The van der Waals surface area contributed by atoms with E-state index in [4.69, 9.17) is 0 Å². The molecule has 2 heterocycles. The van der Waals surface area contributed by atoms with Crippen LogP contribution in [0.2, 0.25) is 0 Å². The molecule has 0 atom stereocenters. The summed E-state index contributed by atoms with van der Waals surface area (Å²) in [6.07, 6.45) is 1.80. The van der Waals surface area contributed by atoms with Gasteiger partial charge in [0, 0.05) is 32.7 Å². The van der Waals surface area contributed by atoms with Crippen LogP contribution < -0.4 is 0 Å². The first kappa shape index (κ1) is 18.7. The van der Waals surface area contributed by atoms with Gasteiger partial charge in [-0.3, -0.25) is 9.69 Å². The molecule has 0 saturated carbocycles. The zero-order valence-electron chi connectivity index (χ0n) is 15.2. The van der Waals surface area contributed by atoms with Gasteiger partial charge in [-0.2, -0.15) is 4.99 Å². The Labute approximate surface area is 167 Å². The molecule has 1 N–H and O–H groups in total. The van der Waals surface area contributed by atoms with Crippen molar-refractivity contribution in [2.24, 2.45) is 4.99 Å². The molecule has 2 aromatic rings. The third-order valence-corrected chi connectivity index (χ3v) is 5.81. The van der Waals surface area contributed by atoms with Crippen molar-refractivity contribution in [1.82, 2.24) is 9.80 Å². The summed E-state index contributed by atoms with van der Waals surface area (Å²) in [7, 11) is 0. The topological polar surface area (TPSA) is 56.1 Å². The number of amidine groups is 1. The molecule has 5 nitrogen and oxygen atoms in total. The Kier molecular flexibility index (Phi) is 5.45. The maximum Gasteiger partial charge on any atom is 0.286 e. The number of phenols is 1. The van der Waals surface area contributed by atoms with E-state index >= 15 is 0 Å². The quantitative estimate of drug-likeness (QED) is 0.806. The van der Waals surface area contributed by atoms with Gasteiger partial charge in [-0.25, -0.2) is 4.39 Å². The lowest BCUT2D eigenvalue weighted by molar-refractivity contribution is -0.113. The Morgan fingerprint density at radius 1 is 1.04 bits per heavy atom. The number of hydrogen-bond donors (Lipinski definition) is 1. The minimum atomic E-state index is -0.221. The number of carbonyl (C=O) groups excluding carboxylic acids is 1. The monoisotopic (exact) mass is 397 g/mol. The summed E-state index contributed by atoms with van der Waals surface area (Å²) in [6.45, 7) is 4.11. The average molecular weight is 397 g/mol. The summed E-state index contributed by atoms with van der Waals surface area (Å²) in [5, 5.41) is 10.1. The molecule has 2 aromatic carbocycles. The summed E-state index contributed by atoms with van der Waals surface area (Å²) in [4.78, 5) is 21.5. The molecule has 28 heavy (non-hydrogen) atoms. The van der Waals surface area contributed by atoms with Crippen LogP contribution in [-0.4, -0.2) is 52.2 Å². The van der Waals surface area contributed by atoms with Crippen LogP contribution in [0.5, 0.6) is 5.75 Å². The highest BCUT2D eigenvalue weighted by atomic mass is 32.2. The number of phenolic OH excluding ortho intramolecular Hbond substituents is 1. The second-order valence-corrected chi connectivity index (χ2v) is 7.80. The molecular formula is C21H20FN3O2S. The van der Waals surface area contributed by atoms with Crippen molar-refractivity contribution in [3.05, 3.63) is 70.4 Å². The standard InChI is InChI=1S/C21H20FN3O2S/c22-17-5-1-16(2-6-17)14-24-9-11-25(12-10-24)21-23-20(27)19(28-21)13-15-3-7-18(26)8-4-15/h1-8,13,26H,9-12,14H2/b19-13+. The predicted octanol–water partition coefficient (Wildman–Crippen LogP) is 3.32. The number of benzene rings is 2. The van der Waals surface area contributed by atoms with Gasteiger partial charge >= 0.3 is 0 Å². The molecule has 0 aliphatic carbocycles. The van der Waals surface area contributed by atoms with Crippen LogP contribution in [0.4, 0.5) is 4.39 Å². The first-order valence-electron chi connectivity index (χ1n) is 9.10. The largest absolute Gasteiger partial charge is 0.508 e. The molecule has 0 radical (unpaired) electrons. The molecule has 7 heteroatoms. The minimum absolute atomic E-state index is 0.197. The van der Waals surface area contributed by atoms with Crippen molar-refractivity contribution in [2.75, 3.05) is 26.2 Å². The Hall–Kier alpha value is -2.64. The van der Waals surface area contributed by atoms with E-state index in [1.54, 1.807) is 30.3 Å². The second-order valence-electron chi connectivity index (χ2n) is 6.79. The van der Waals surface area contributed by atoms with Gasteiger partial charge in [0.1, 0.15) is 11.6 Å². The van der Waals surface area contributed by atoms with Crippen molar-refractivity contribution < 1.29 is 14.3 Å². The van der Waals surface area contributed by atoms with Crippen LogP contribution in [0.1, 0.15) is 11.1 Å². The van der Waals surface area contributed by atoms with E-state index in [-0.39, 0.29) is 17.5 Å². The summed E-state index contributed by atoms with van der Waals surface area (Å²) >= 11 is 1.40. The predicted molar refractivity (Wildman–Crippen MR) is 109 cm³/mol. The number of aromatic hydroxyl groups is 1. The first-order valence-corrected chi connectivity index (χ1v) is 9.92. The van der Waals surface area contributed by atoms with Crippen molar-refractivity contribution in [3.8, 4) is 5.75 Å². The number of carbonyl (C=O) groups is 1. The van der Waals surface area contributed by atoms with E-state index in [1.165, 1.54) is 23.9 Å². The van der Waals surface area contributed by atoms with Crippen LogP contribution in [0.15, 0.2) is 58.4 Å². The van der Waals surface area contributed by atoms with Crippen molar-refractivity contribution in [2.45, 2.75) is 6.54 Å². The van der Waals surface area contributed by atoms with Crippen LogP contribution in [0, 0.1) is 5.82 Å². The Bertz CT molecular complexity index is 918. The molecule has 1 fully saturated rings. The lowest BCUT2D eigenvalue weighted by Crippen LogP contribution is -2.47. The van der Waals surface area contributed by atoms with Gasteiger partial charge in [-0.05, 0) is 53.2 Å². The number of hydrogen-bond acceptors (Lipinski definition) is 5. The molecular weight excluding hydrogens is 377 g/mol. The van der Waals surface area contributed by atoms with Crippen LogP contribution >= 0.6 is 11.8 Å². The Balaban J connectivity index is 1.33. The smallest absolute Gasteiger partial charge is 0.286 e. The zero-order chi connectivity index (χ0) is 19.5. The van der Waals surface area contributed by atoms with Gasteiger partial charge in [-0.1, -0.05) is 24.3 Å². The van der Waals surface area contributed by atoms with Crippen molar-refractivity contribution in [1.29, 1.82) is 0 Å². The van der Waals surface area contributed by atoms with E-state index in [9.17, 15) is 14.3 Å². The van der Waals surface area contributed by atoms with Crippen molar-refractivity contribution >= 4 is 28.9 Å². The maximum absolute atomic E-state index is 13.0. The lowest BCUT2D eigenvalue weighted by atomic mass is 10.2. The molecule has 4 rings (SSSR count). The number of halogens is 1. The Morgan fingerprint density at radius 3 is 2.39 bits per heavy atom. The second kappa shape index (κ2) is 8.16. The Morgan fingerprint density at radius 2 is 1.71 bits per heavy atom. The molecule has 144 valence electrons. The molecule has 2 aliphatic rings. The van der Waals surface area contributed by atoms with Gasteiger partial charge < -0.3 is 10.0 Å². The van der Waals surface area contributed by atoms with Gasteiger partial charge in [-0.15, -0.1) is 0 Å². The van der Waals surface area contributed by atoms with Gasteiger partial charge in [0.15, 0.2) is 5.17 Å². The summed E-state index contributed by atoms with van der Waals surface area (Å²) < 4.78 is 13.0. The van der Waals surface area contributed by atoms with Crippen molar-refractivity contribution in [3.63, 3.8) is 0 Å². The summed E-state index contributed by atoms with van der Waals surface area (Å²) in [5.41, 5.74) is 1.95. The fourth-order valence-corrected chi connectivity index (χ4v) is 4.17. The maximum atomic E-state index is 13.0. The van der Waals surface area contributed by atoms with E-state index in [0.29, 0.717) is 4.91 Å². The highest BCUT2D eigenvalue weighted by Crippen LogP contribution is 2.31. The SMILES string of the molecule is O=C1N=C(N2CCN(Cc3ccc(F)cc3)CC2)S/C1=C/c1ccc(O)cc1. The summed E-state index contributed by atoms with van der Waals surface area (Å²) in [6, 6.07) is 13.3. The fraction of sp³-hybridized carbons (Fsp3) is 0.238. The van der Waals surface area contributed by atoms with Gasteiger partial charge in [0.25, 0.3) is 5.91 Å². The van der Waals surface area contributed by atoms with Gasteiger partial charge in [0.2, 0.25) is 0 Å². The lowest BCUT2D eigenvalue weighted by Gasteiger charge is -2.35. The highest BCUT2D eigenvalue weighted by molar-refractivity contribution is 8.18. The number of amides is 1. The fourth-order valence-electron chi connectivity index (χ4n) is 3.20. The average Bonchev–Trinajstić information content (AvgIpc) is 3.06.